The highest BCUT2D eigenvalue weighted by Gasteiger charge is 2.23. The van der Waals surface area contributed by atoms with Gasteiger partial charge in [0.15, 0.2) is 5.78 Å². The molecule has 5 rings (SSSR count). The fraction of sp³-hybridized carbons (Fsp3) is 0.276. The van der Waals surface area contributed by atoms with Gasteiger partial charge in [-0.05, 0) is 98.2 Å². The molecule has 4 aromatic rings. The first kappa shape index (κ1) is 30.9. The number of benzene rings is 3. The summed E-state index contributed by atoms with van der Waals surface area (Å²) < 4.78 is 61.6. The molecule has 1 fully saturated rings. The van der Waals surface area contributed by atoms with Crippen molar-refractivity contribution in [2.24, 2.45) is 10.3 Å². The lowest BCUT2D eigenvalue weighted by atomic mass is 9.97. The van der Waals surface area contributed by atoms with E-state index in [0.29, 0.717) is 44.0 Å². The Kier molecular flexibility index (Phi) is 9.34. The Labute approximate surface area is 254 Å². The molecule has 0 saturated carbocycles. The number of hydrogen-bond donors (Lipinski definition) is 2. The van der Waals surface area contributed by atoms with E-state index in [2.05, 4.69) is 4.90 Å². The average Bonchev–Trinajstić information content (AvgIpc) is 3.11. The van der Waals surface area contributed by atoms with Crippen LogP contribution in [0.25, 0.3) is 20.5 Å². The van der Waals surface area contributed by atoms with E-state index in [1.165, 1.54) is 61.3 Å². The van der Waals surface area contributed by atoms with Gasteiger partial charge in [-0.15, -0.1) is 11.3 Å². The average molecular weight is 646 g/mol. The maximum Gasteiger partial charge on any atom is 0.380 e. The molecular formula is C29H31N3O8S3. The molecule has 1 aliphatic heterocycles. The first-order valence-electron chi connectivity index (χ1n) is 13.6. The fourth-order valence-electron chi connectivity index (χ4n) is 4.99. The van der Waals surface area contributed by atoms with Crippen molar-refractivity contribution >= 4 is 47.8 Å². The standard InChI is InChI=1S/C29H31N3O8S3/c30-42(34,35)39-23-11-7-21(8-12-23)29-27(25-14-13-24(19-26(25)41-29)40-43(31,36)37)28(33)20-5-9-22(10-6-20)38-18-17-32-15-3-1-2-4-16-32/h5-14,19H,1-4,15-18H2,(H2,30,34,35)(H2,31,36,37). The predicted octanol–water partition coefficient (Wildman–Crippen LogP) is 4.22. The Morgan fingerprint density at radius 1 is 0.767 bits per heavy atom. The molecule has 0 aliphatic carbocycles. The quantitative estimate of drug-likeness (QED) is 0.227. The van der Waals surface area contributed by atoms with Crippen molar-refractivity contribution in [2.75, 3.05) is 26.2 Å². The number of nitrogens with two attached hydrogens (primary N) is 2. The number of carbonyl (C=O) groups is 1. The molecule has 14 heteroatoms. The molecule has 228 valence electrons. The minimum absolute atomic E-state index is 0.000349. The van der Waals surface area contributed by atoms with Crippen molar-refractivity contribution in [2.45, 2.75) is 25.7 Å². The van der Waals surface area contributed by atoms with Gasteiger partial charge in [0.1, 0.15) is 23.9 Å². The van der Waals surface area contributed by atoms with Gasteiger partial charge in [-0.25, -0.2) is 0 Å². The molecule has 1 aromatic heterocycles. The molecule has 1 saturated heterocycles. The van der Waals surface area contributed by atoms with E-state index in [1.54, 1.807) is 42.5 Å². The van der Waals surface area contributed by atoms with Gasteiger partial charge in [-0.1, -0.05) is 12.8 Å². The number of hydrogen-bond acceptors (Lipinski definition) is 10. The lowest BCUT2D eigenvalue weighted by Crippen LogP contribution is -2.29. The SMILES string of the molecule is NS(=O)(=O)Oc1ccc(-c2sc3cc(OS(N)(=O)=O)ccc3c2C(=O)c2ccc(OCCN3CCCCCC3)cc2)cc1. The van der Waals surface area contributed by atoms with Gasteiger partial charge in [0.05, 0.1) is 0 Å². The van der Waals surface area contributed by atoms with Crippen LogP contribution in [0.5, 0.6) is 17.2 Å². The Morgan fingerprint density at radius 2 is 1.35 bits per heavy atom. The topological polar surface area (TPSA) is 168 Å². The van der Waals surface area contributed by atoms with Crippen LogP contribution >= 0.6 is 11.3 Å². The highest BCUT2D eigenvalue weighted by atomic mass is 32.2. The Bertz CT molecular complexity index is 1810. The predicted molar refractivity (Wildman–Crippen MR) is 165 cm³/mol. The first-order chi connectivity index (χ1) is 20.4. The molecule has 0 radical (unpaired) electrons. The van der Waals surface area contributed by atoms with Crippen LogP contribution in [0.1, 0.15) is 41.6 Å². The van der Waals surface area contributed by atoms with Crippen LogP contribution in [0.15, 0.2) is 66.7 Å². The minimum Gasteiger partial charge on any atom is -0.492 e. The van der Waals surface area contributed by atoms with Crippen LogP contribution in [0.3, 0.4) is 0 Å². The maximum atomic E-state index is 13.9. The van der Waals surface area contributed by atoms with E-state index < -0.39 is 20.6 Å². The van der Waals surface area contributed by atoms with Gasteiger partial charge in [0.25, 0.3) is 0 Å². The summed E-state index contributed by atoms with van der Waals surface area (Å²) in [6.07, 6.45) is 4.97. The molecule has 0 bridgehead atoms. The molecule has 0 spiro atoms. The van der Waals surface area contributed by atoms with E-state index in [-0.39, 0.29) is 17.3 Å². The second-order valence-corrected chi connectivity index (χ2v) is 13.5. The number of thiophene rings is 1. The number of ketones is 1. The zero-order valence-corrected chi connectivity index (χ0v) is 25.5. The molecule has 4 N–H and O–H groups in total. The Morgan fingerprint density at radius 3 is 1.98 bits per heavy atom. The van der Waals surface area contributed by atoms with E-state index >= 15 is 0 Å². The van der Waals surface area contributed by atoms with Crippen molar-refractivity contribution in [1.29, 1.82) is 0 Å². The van der Waals surface area contributed by atoms with Gasteiger partial charge >= 0.3 is 20.6 Å². The number of ether oxygens (including phenoxy) is 1. The monoisotopic (exact) mass is 645 g/mol. The van der Waals surface area contributed by atoms with Crippen LogP contribution in [0, 0.1) is 0 Å². The summed E-state index contributed by atoms with van der Waals surface area (Å²) in [5.74, 6) is 0.412. The second-order valence-electron chi connectivity index (χ2n) is 10.1. The molecule has 43 heavy (non-hydrogen) atoms. The van der Waals surface area contributed by atoms with Gasteiger partial charge < -0.3 is 13.1 Å². The third kappa shape index (κ3) is 8.31. The Balaban J connectivity index is 1.42. The smallest absolute Gasteiger partial charge is 0.380 e. The van der Waals surface area contributed by atoms with Gasteiger partial charge in [0.2, 0.25) is 0 Å². The summed E-state index contributed by atoms with van der Waals surface area (Å²) in [5, 5.41) is 10.6. The van der Waals surface area contributed by atoms with Gasteiger partial charge in [-0.2, -0.15) is 27.1 Å². The number of likely N-dealkylation sites (tertiary alicyclic amines) is 1. The molecule has 3 aromatic carbocycles. The van der Waals surface area contributed by atoms with Crippen molar-refractivity contribution in [3.8, 4) is 27.7 Å². The first-order valence-corrected chi connectivity index (χ1v) is 17.3. The number of carbonyl (C=O) groups excluding carboxylic acids is 1. The number of rotatable bonds is 11. The summed E-state index contributed by atoms with van der Waals surface area (Å²) in [5.41, 5.74) is 1.42. The van der Waals surface area contributed by atoms with Crippen LogP contribution in [-0.4, -0.2) is 53.8 Å². The molecule has 0 atom stereocenters. The number of fused-ring (bicyclic) bond motifs is 1. The van der Waals surface area contributed by atoms with E-state index in [0.717, 1.165) is 19.6 Å². The number of nitrogens with zero attached hydrogens (tertiary/aromatic N) is 1. The van der Waals surface area contributed by atoms with E-state index in [4.69, 9.17) is 23.4 Å². The van der Waals surface area contributed by atoms with Crippen molar-refractivity contribution < 1.29 is 34.7 Å². The summed E-state index contributed by atoms with van der Waals surface area (Å²) in [6, 6.07) is 17.5. The van der Waals surface area contributed by atoms with Crippen LogP contribution in [0.2, 0.25) is 0 Å². The lowest BCUT2D eigenvalue weighted by molar-refractivity contribution is 0.104. The van der Waals surface area contributed by atoms with Crippen LogP contribution in [0.4, 0.5) is 0 Å². The van der Waals surface area contributed by atoms with Crippen LogP contribution in [-0.2, 0) is 20.6 Å². The molecule has 1 aliphatic rings. The third-order valence-corrected chi connectivity index (χ3v) is 8.97. The fourth-order valence-corrected chi connectivity index (χ4v) is 6.97. The molecule has 11 nitrogen and oxygen atoms in total. The largest absolute Gasteiger partial charge is 0.492 e. The maximum absolute atomic E-state index is 13.9. The zero-order chi connectivity index (χ0) is 30.6. The lowest BCUT2D eigenvalue weighted by Gasteiger charge is -2.19. The van der Waals surface area contributed by atoms with Gasteiger partial charge in [-0.3, -0.25) is 9.69 Å². The van der Waals surface area contributed by atoms with Crippen molar-refractivity contribution in [1.82, 2.24) is 4.90 Å². The molecule has 2 heterocycles. The van der Waals surface area contributed by atoms with Crippen molar-refractivity contribution in [3.05, 3.63) is 77.9 Å². The summed E-state index contributed by atoms with van der Waals surface area (Å²) in [6.45, 7) is 3.58. The third-order valence-electron chi connectivity index (χ3n) is 6.92. The zero-order valence-electron chi connectivity index (χ0n) is 23.1. The second kappa shape index (κ2) is 13.0. The highest BCUT2D eigenvalue weighted by Crippen LogP contribution is 2.42. The van der Waals surface area contributed by atoms with E-state index in [1.807, 2.05) is 0 Å². The molecule has 0 unspecified atom stereocenters. The highest BCUT2D eigenvalue weighted by molar-refractivity contribution is 7.85. The van der Waals surface area contributed by atoms with E-state index in [9.17, 15) is 21.6 Å². The van der Waals surface area contributed by atoms with Crippen molar-refractivity contribution in [3.63, 3.8) is 0 Å². The molecular weight excluding hydrogens is 615 g/mol. The summed E-state index contributed by atoms with van der Waals surface area (Å²) in [4.78, 5) is 16.9. The Hall–Kier alpha value is -3.53. The van der Waals surface area contributed by atoms with Gasteiger partial charge in [0, 0.05) is 32.6 Å². The minimum atomic E-state index is -4.25. The normalized spacial score (nSPS) is 14.7. The molecule has 0 amide bonds. The summed E-state index contributed by atoms with van der Waals surface area (Å²) in [7, 11) is -8.46. The summed E-state index contributed by atoms with van der Waals surface area (Å²) >= 11 is 1.24. The van der Waals surface area contributed by atoms with Crippen LogP contribution < -0.4 is 23.4 Å².